The summed E-state index contributed by atoms with van der Waals surface area (Å²) >= 11 is 0. The lowest BCUT2D eigenvalue weighted by Crippen LogP contribution is -2.49. The number of hydrogen-bond donors (Lipinski definition) is 7. The lowest BCUT2D eigenvalue weighted by Gasteiger charge is -2.32. The molecule has 0 aromatic rings. The number of aliphatic carboxylic acids is 2. The van der Waals surface area contributed by atoms with Crippen LogP contribution in [0.2, 0.25) is 0 Å². The summed E-state index contributed by atoms with van der Waals surface area (Å²) in [5.74, 6) is -2.91. The number of carbonyl (C=O) groups is 6. The lowest BCUT2D eigenvalue weighted by molar-refractivity contribution is -0.140. The van der Waals surface area contributed by atoms with Crippen molar-refractivity contribution in [3.8, 4) is 0 Å². The second kappa shape index (κ2) is 34.1. The maximum absolute atomic E-state index is 12.6. The number of rotatable bonds is 17. The highest BCUT2D eigenvalue weighted by molar-refractivity contribution is 5.85. The van der Waals surface area contributed by atoms with Crippen LogP contribution in [0.3, 0.4) is 0 Å². The van der Waals surface area contributed by atoms with Crippen LogP contribution in [0.1, 0.15) is 46.5 Å². The van der Waals surface area contributed by atoms with Crippen LogP contribution in [0.15, 0.2) is 0 Å². The SMILES string of the molecule is CC.CCCCCNC(=O)CNC(=O)CCNC(=O)CN1CCN(CC=O)CCN(CC(=O)O)CCN(CC(=O)O)CC1.CO.CO. The zero-order chi connectivity index (χ0) is 36.5. The van der Waals surface area contributed by atoms with Gasteiger partial charge in [0.2, 0.25) is 17.7 Å². The minimum atomic E-state index is -1.00. The molecule has 0 bridgehead atoms. The van der Waals surface area contributed by atoms with Crippen molar-refractivity contribution in [1.29, 1.82) is 0 Å². The van der Waals surface area contributed by atoms with Crippen molar-refractivity contribution in [2.24, 2.45) is 0 Å². The summed E-state index contributed by atoms with van der Waals surface area (Å²) < 4.78 is 0. The number of aliphatic hydroxyl groups excluding tert-OH is 2. The maximum Gasteiger partial charge on any atom is 0.317 e. The van der Waals surface area contributed by atoms with E-state index in [9.17, 15) is 39.0 Å². The molecule has 3 amide bonds. The largest absolute Gasteiger partial charge is 0.480 e. The van der Waals surface area contributed by atoms with E-state index >= 15 is 0 Å². The molecule has 0 unspecified atom stereocenters. The van der Waals surface area contributed by atoms with Gasteiger partial charge in [-0.05, 0) is 6.42 Å². The van der Waals surface area contributed by atoms with E-state index in [2.05, 4.69) is 22.9 Å². The van der Waals surface area contributed by atoms with Crippen molar-refractivity contribution in [1.82, 2.24) is 35.6 Å². The number of aliphatic hydroxyl groups is 2. The summed E-state index contributed by atoms with van der Waals surface area (Å²) in [7, 11) is 2.00. The van der Waals surface area contributed by atoms with Crippen molar-refractivity contribution in [3.05, 3.63) is 0 Å². The summed E-state index contributed by atoms with van der Waals surface area (Å²) in [5, 5.41) is 40.5. The number of carboxylic acid groups (broad SMARTS) is 2. The van der Waals surface area contributed by atoms with Crippen molar-refractivity contribution in [3.63, 3.8) is 0 Å². The fraction of sp³-hybridized carbons (Fsp3) is 0.800. The van der Waals surface area contributed by atoms with Gasteiger partial charge in [-0.2, -0.15) is 0 Å². The van der Waals surface area contributed by atoms with Crippen LogP contribution in [-0.4, -0.2) is 188 Å². The molecule has 47 heavy (non-hydrogen) atoms. The highest BCUT2D eigenvalue weighted by Crippen LogP contribution is 2.01. The van der Waals surface area contributed by atoms with Gasteiger partial charge in [-0.15, -0.1) is 0 Å². The van der Waals surface area contributed by atoms with Gasteiger partial charge in [0.15, 0.2) is 0 Å². The van der Waals surface area contributed by atoms with Crippen LogP contribution in [0.25, 0.3) is 0 Å². The number of nitrogens with zero attached hydrogens (tertiary/aromatic N) is 4. The van der Waals surface area contributed by atoms with Crippen LogP contribution >= 0.6 is 0 Å². The molecule has 0 atom stereocenters. The molecule has 0 radical (unpaired) electrons. The Morgan fingerprint density at radius 2 is 1.02 bits per heavy atom. The second-order valence-electron chi connectivity index (χ2n) is 10.0. The van der Waals surface area contributed by atoms with Gasteiger partial charge in [0.1, 0.15) is 6.29 Å². The van der Waals surface area contributed by atoms with Crippen LogP contribution in [0, 0.1) is 0 Å². The standard InChI is InChI=1S/C26H47N7O8.C2H6.2CH4O/c1-2-3-4-6-27-23(36)18-29-22(35)5-7-28-24(37)19-31-10-8-30(16-17-34)9-11-32(20-25(38)39)14-15-33(13-12-31)21-26(40)41;3*1-2/h17H,2-16,18-21H2,1H3,(H,27,36)(H,28,37)(H,29,35)(H,38,39)(H,40,41);1-2H3;2*2H,1H3. The fourth-order valence-electron chi connectivity index (χ4n) is 4.23. The number of aldehydes is 1. The first kappa shape index (κ1) is 48.2. The number of hydrogen-bond acceptors (Lipinski definition) is 12. The molecule has 0 spiro atoms. The molecular formula is C30H61N7O10. The first-order valence-corrected chi connectivity index (χ1v) is 16.1. The molecule has 0 aromatic heterocycles. The quantitative estimate of drug-likeness (QED) is 0.0636. The minimum Gasteiger partial charge on any atom is -0.480 e. The van der Waals surface area contributed by atoms with E-state index in [1.165, 1.54) is 0 Å². The predicted molar refractivity (Wildman–Crippen MR) is 178 cm³/mol. The van der Waals surface area contributed by atoms with Crippen LogP contribution in [-0.2, 0) is 28.8 Å². The van der Waals surface area contributed by atoms with Gasteiger partial charge in [-0.25, -0.2) is 0 Å². The third-order valence-corrected chi connectivity index (χ3v) is 6.57. The third-order valence-electron chi connectivity index (χ3n) is 6.57. The summed E-state index contributed by atoms with van der Waals surface area (Å²) in [4.78, 5) is 77.5. The molecule has 1 aliphatic rings. The Hall–Kier alpha value is -3.22. The van der Waals surface area contributed by atoms with E-state index in [0.717, 1.165) is 39.8 Å². The van der Waals surface area contributed by atoms with Gasteiger partial charge in [0.05, 0.1) is 32.7 Å². The summed E-state index contributed by atoms with van der Waals surface area (Å²) in [6.45, 7) is 9.50. The summed E-state index contributed by atoms with van der Waals surface area (Å²) in [6, 6.07) is 0. The topological polar surface area (TPSA) is 232 Å². The van der Waals surface area contributed by atoms with E-state index < -0.39 is 11.9 Å². The molecule has 1 fully saturated rings. The molecule has 17 heteroatoms. The highest BCUT2D eigenvalue weighted by Gasteiger charge is 2.20. The van der Waals surface area contributed by atoms with Crippen molar-refractivity contribution >= 4 is 35.9 Å². The Balaban J connectivity index is -0.00000304. The number of unbranched alkanes of at least 4 members (excludes halogenated alkanes) is 2. The van der Waals surface area contributed by atoms with Crippen LogP contribution < -0.4 is 16.0 Å². The Morgan fingerprint density at radius 3 is 1.45 bits per heavy atom. The van der Waals surface area contributed by atoms with E-state index in [1.54, 1.807) is 9.80 Å². The second-order valence-corrected chi connectivity index (χ2v) is 10.0. The molecule has 17 nitrogen and oxygen atoms in total. The molecule has 1 saturated heterocycles. The first-order valence-electron chi connectivity index (χ1n) is 16.1. The Kier molecular flexibility index (Phi) is 35.0. The van der Waals surface area contributed by atoms with Crippen molar-refractivity contribution < 1.29 is 49.2 Å². The van der Waals surface area contributed by atoms with E-state index in [1.807, 2.05) is 23.6 Å². The maximum atomic E-state index is 12.6. The Morgan fingerprint density at radius 1 is 0.596 bits per heavy atom. The van der Waals surface area contributed by atoms with Crippen molar-refractivity contribution in [2.75, 3.05) is 112 Å². The van der Waals surface area contributed by atoms with Crippen LogP contribution in [0.5, 0.6) is 0 Å². The van der Waals surface area contributed by atoms with E-state index in [-0.39, 0.29) is 63.4 Å². The molecule has 0 aliphatic carbocycles. The normalized spacial score (nSPS) is 14.9. The van der Waals surface area contributed by atoms with Gasteiger partial charge in [-0.3, -0.25) is 43.6 Å². The van der Waals surface area contributed by atoms with Gasteiger partial charge < -0.3 is 41.2 Å². The minimum absolute atomic E-state index is 0.0151. The smallest absolute Gasteiger partial charge is 0.317 e. The number of carbonyl (C=O) groups excluding carboxylic acids is 4. The summed E-state index contributed by atoms with van der Waals surface area (Å²) in [6.07, 6.45) is 3.75. The van der Waals surface area contributed by atoms with Gasteiger partial charge in [0, 0.05) is 86.1 Å². The first-order chi connectivity index (χ1) is 22.6. The van der Waals surface area contributed by atoms with E-state index in [0.29, 0.717) is 58.9 Å². The monoisotopic (exact) mass is 679 g/mol. The highest BCUT2D eigenvalue weighted by atomic mass is 16.4. The van der Waals surface area contributed by atoms with Gasteiger partial charge in [0.25, 0.3) is 0 Å². The van der Waals surface area contributed by atoms with Gasteiger partial charge >= 0.3 is 11.9 Å². The zero-order valence-corrected chi connectivity index (χ0v) is 29.0. The molecule has 1 rings (SSSR count). The number of carboxylic acids is 2. The average Bonchev–Trinajstić information content (AvgIpc) is 3.05. The zero-order valence-electron chi connectivity index (χ0n) is 29.0. The van der Waals surface area contributed by atoms with E-state index in [4.69, 9.17) is 10.2 Å². The molecule has 276 valence electrons. The molecular weight excluding hydrogens is 618 g/mol. The molecule has 0 aromatic carbocycles. The Labute approximate surface area is 279 Å². The number of amides is 3. The number of nitrogens with one attached hydrogen (secondary N) is 3. The third kappa shape index (κ3) is 29.9. The predicted octanol–water partition coefficient (Wildman–Crippen LogP) is -2.25. The Bertz CT molecular complexity index is 852. The lowest BCUT2D eigenvalue weighted by atomic mass is 10.2. The van der Waals surface area contributed by atoms with Crippen LogP contribution in [0.4, 0.5) is 0 Å². The average molecular weight is 680 g/mol. The molecule has 7 N–H and O–H groups in total. The molecule has 0 saturated carbocycles. The molecule has 1 aliphatic heterocycles. The van der Waals surface area contributed by atoms with Crippen molar-refractivity contribution in [2.45, 2.75) is 46.5 Å². The van der Waals surface area contributed by atoms with Gasteiger partial charge in [-0.1, -0.05) is 33.6 Å². The fourth-order valence-corrected chi connectivity index (χ4v) is 4.23. The molecule has 1 heterocycles. The summed E-state index contributed by atoms with van der Waals surface area (Å²) in [5.41, 5.74) is 0.